The third-order valence-electron chi connectivity index (χ3n) is 2.14. The van der Waals surface area contributed by atoms with E-state index < -0.39 is 0 Å². The minimum atomic E-state index is -0.232. The van der Waals surface area contributed by atoms with Crippen molar-refractivity contribution in [2.75, 3.05) is 0 Å². The Hall–Kier alpha value is -1.33. The maximum Gasteiger partial charge on any atom is 0.255 e. The summed E-state index contributed by atoms with van der Waals surface area (Å²) in [6.45, 7) is 0.212. The van der Waals surface area contributed by atoms with Crippen LogP contribution in [0.3, 0.4) is 0 Å². The van der Waals surface area contributed by atoms with E-state index in [1.807, 2.05) is 0 Å². The quantitative estimate of drug-likeness (QED) is 0.832. The van der Waals surface area contributed by atoms with Gasteiger partial charge in [0.1, 0.15) is 12.1 Å². The van der Waals surface area contributed by atoms with E-state index in [1.54, 1.807) is 24.4 Å². The van der Waals surface area contributed by atoms with E-state index in [1.165, 1.54) is 18.0 Å². The largest absolute Gasteiger partial charge is 0.440 e. The van der Waals surface area contributed by atoms with Crippen molar-refractivity contribution in [3.8, 4) is 0 Å². The summed E-state index contributed by atoms with van der Waals surface area (Å²) in [5.74, 6) is 0.254. The number of benzene rings is 1. The Labute approximate surface area is 96.9 Å². The van der Waals surface area contributed by atoms with E-state index in [0.717, 1.165) is 0 Å². The van der Waals surface area contributed by atoms with E-state index in [-0.39, 0.29) is 12.4 Å². The first-order valence-electron chi connectivity index (χ1n) is 4.80. The molecule has 0 saturated heterocycles. The predicted octanol–water partition coefficient (Wildman–Crippen LogP) is 2.56. The Morgan fingerprint density at radius 3 is 2.88 bits per heavy atom. The van der Waals surface area contributed by atoms with E-state index in [2.05, 4.69) is 4.98 Å². The van der Waals surface area contributed by atoms with Gasteiger partial charge in [0.2, 0.25) is 0 Å². The maximum atomic E-state index is 13.8. The van der Waals surface area contributed by atoms with Crippen LogP contribution in [0.1, 0.15) is 11.1 Å². The average Bonchev–Trinajstić information content (AvgIpc) is 2.81. The van der Waals surface area contributed by atoms with E-state index in [9.17, 15) is 4.39 Å². The van der Waals surface area contributed by atoms with Gasteiger partial charge in [0.05, 0.1) is 6.20 Å². The lowest BCUT2D eigenvalue weighted by molar-refractivity contribution is 0.454. The minimum absolute atomic E-state index is 0.212. The number of halogens is 1. The highest BCUT2D eigenvalue weighted by atomic mass is 32.2. The van der Waals surface area contributed by atoms with Gasteiger partial charge in [0.25, 0.3) is 5.22 Å². The number of hydrogen-bond acceptors (Lipinski definition) is 4. The van der Waals surface area contributed by atoms with Crippen molar-refractivity contribution in [1.29, 1.82) is 0 Å². The highest BCUT2D eigenvalue weighted by molar-refractivity contribution is 7.98. The number of oxazole rings is 1. The molecule has 5 heteroatoms. The molecule has 0 saturated carbocycles. The van der Waals surface area contributed by atoms with Gasteiger partial charge in [-0.15, -0.1) is 0 Å². The van der Waals surface area contributed by atoms with Crippen molar-refractivity contribution < 1.29 is 8.81 Å². The second-order valence-electron chi connectivity index (χ2n) is 3.18. The Kier molecular flexibility index (Phi) is 3.58. The standard InChI is InChI=1S/C11H11FN2OS/c12-10-8(6-13)2-1-3-9(10)7-16-11-14-4-5-15-11/h1-5H,6-7,13H2. The molecule has 0 aliphatic carbocycles. The van der Waals surface area contributed by atoms with Gasteiger partial charge in [-0.1, -0.05) is 30.0 Å². The fraction of sp³-hybridized carbons (Fsp3) is 0.182. The summed E-state index contributed by atoms with van der Waals surface area (Å²) in [7, 11) is 0. The molecule has 0 unspecified atom stereocenters. The van der Waals surface area contributed by atoms with E-state index in [0.29, 0.717) is 22.1 Å². The van der Waals surface area contributed by atoms with Crippen molar-refractivity contribution in [1.82, 2.24) is 4.98 Å². The molecule has 2 rings (SSSR count). The van der Waals surface area contributed by atoms with Gasteiger partial charge in [0, 0.05) is 17.9 Å². The summed E-state index contributed by atoms with van der Waals surface area (Å²) >= 11 is 1.35. The van der Waals surface area contributed by atoms with Gasteiger partial charge in [-0.25, -0.2) is 9.37 Å². The average molecular weight is 238 g/mol. The van der Waals surface area contributed by atoms with Gasteiger partial charge in [-0.3, -0.25) is 0 Å². The topological polar surface area (TPSA) is 52.0 Å². The smallest absolute Gasteiger partial charge is 0.255 e. The zero-order valence-electron chi connectivity index (χ0n) is 8.52. The lowest BCUT2D eigenvalue weighted by Gasteiger charge is -2.05. The number of aromatic nitrogens is 1. The third-order valence-corrected chi connectivity index (χ3v) is 3.04. The van der Waals surface area contributed by atoms with Crippen LogP contribution in [0.4, 0.5) is 4.39 Å². The summed E-state index contributed by atoms with van der Waals surface area (Å²) in [5, 5.41) is 0.539. The zero-order valence-corrected chi connectivity index (χ0v) is 9.34. The van der Waals surface area contributed by atoms with Gasteiger partial charge < -0.3 is 10.2 Å². The Morgan fingerprint density at radius 2 is 2.19 bits per heavy atom. The predicted molar refractivity (Wildman–Crippen MR) is 60.4 cm³/mol. The van der Waals surface area contributed by atoms with Crippen molar-refractivity contribution >= 4 is 11.8 Å². The van der Waals surface area contributed by atoms with Crippen molar-refractivity contribution in [3.05, 3.63) is 47.6 Å². The molecule has 2 N–H and O–H groups in total. The van der Waals surface area contributed by atoms with Crippen molar-refractivity contribution in [2.45, 2.75) is 17.5 Å². The van der Waals surface area contributed by atoms with Crippen molar-refractivity contribution in [3.63, 3.8) is 0 Å². The summed E-state index contributed by atoms with van der Waals surface area (Å²) in [4.78, 5) is 3.95. The van der Waals surface area contributed by atoms with Crippen LogP contribution in [-0.2, 0) is 12.3 Å². The fourth-order valence-electron chi connectivity index (χ4n) is 1.32. The molecule has 0 atom stereocenters. The lowest BCUT2D eigenvalue weighted by atomic mass is 10.1. The molecule has 3 nitrogen and oxygen atoms in total. The van der Waals surface area contributed by atoms with Crippen LogP contribution < -0.4 is 5.73 Å². The van der Waals surface area contributed by atoms with Gasteiger partial charge in [-0.2, -0.15) is 0 Å². The Morgan fingerprint density at radius 1 is 1.38 bits per heavy atom. The second-order valence-corrected chi connectivity index (χ2v) is 4.11. The van der Waals surface area contributed by atoms with Crippen molar-refractivity contribution in [2.24, 2.45) is 5.73 Å². The highest BCUT2D eigenvalue weighted by Crippen LogP contribution is 2.23. The summed E-state index contributed by atoms with van der Waals surface area (Å²) in [5.41, 5.74) is 6.58. The molecular formula is C11H11FN2OS. The summed E-state index contributed by atoms with van der Waals surface area (Å²) in [6, 6.07) is 5.23. The minimum Gasteiger partial charge on any atom is -0.440 e. The lowest BCUT2D eigenvalue weighted by Crippen LogP contribution is -2.02. The first kappa shape index (κ1) is 11.2. The Balaban J connectivity index is 2.09. The van der Waals surface area contributed by atoms with Crippen LogP contribution in [0.15, 0.2) is 40.3 Å². The molecule has 1 aromatic carbocycles. The Bertz CT molecular complexity index is 459. The summed E-state index contributed by atoms with van der Waals surface area (Å²) in [6.07, 6.45) is 3.06. The molecule has 0 radical (unpaired) electrons. The highest BCUT2D eigenvalue weighted by Gasteiger charge is 2.08. The molecule has 2 aromatic rings. The number of rotatable bonds is 4. The fourth-order valence-corrected chi connectivity index (χ4v) is 2.08. The van der Waals surface area contributed by atoms with Crippen LogP contribution >= 0.6 is 11.8 Å². The van der Waals surface area contributed by atoms with E-state index in [4.69, 9.17) is 10.2 Å². The monoisotopic (exact) mass is 238 g/mol. The van der Waals surface area contributed by atoms with Gasteiger partial charge in [-0.05, 0) is 5.56 Å². The van der Waals surface area contributed by atoms with Gasteiger partial charge >= 0.3 is 0 Å². The van der Waals surface area contributed by atoms with Crippen LogP contribution in [0.2, 0.25) is 0 Å². The molecule has 0 aliphatic rings. The maximum absolute atomic E-state index is 13.8. The molecule has 0 fully saturated rings. The molecule has 0 amide bonds. The normalized spacial score (nSPS) is 10.6. The van der Waals surface area contributed by atoms with Crippen LogP contribution in [0, 0.1) is 5.82 Å². The molecule has 16 heavy (non-hydrogen) atoms. The molecular weight excluding hydrogens is 227 g/mol. The zero-order chi connectivity index (χ0) is 11.4. The number of hydrogen-bond donors (Lipinski definition) is 1. The molecule has 1 heterocycles. The molecule has 0 bridgehead atoms. The van der Waals surface area contributed by atoms with Crippen LogP contribution in [-0.4, -0.2) is 4.98 Å². The molecule has 1 aromatic heterocycles. The summed E-state index contributed by atoms with van der Waals surface area (Å²) < 4.78 is 18.8. The molecule has 0 spiro atoms. The first-order chi connectivity index (χ1) is 7.81. The SMILES string of the molecule is NCc1cccc(CSc2ncco2)c1F. The third kappa shape index (κ3) is 2.43. The first-order valence-corrected chi connectivity index (χ1v) is 5.78. The number of nitrogens with zero attached hydrogens (tertiary/aromatic N) is 1. The number of nitrogens with two attached hydrogens (primary N) is 1. The van der Waals surface area contributed by atoms with E-state index >= 15 is 0 Å². The van der Waals surface area contributed by atoms with Crippen LogP contribution in [0.25, 0.3) is 0 Å². The molecule has 0 aliphatic heterocycles. The number of thioether (sulfide) groups is 1. The van der Waals surface area contributed by atoms with Crippen LogP contribution in [0.5, 0.6) is 0 Å². The molecule has 84 valence electrons. The second kappa shape index (κ2) is 5.14. The van der Waals surface area contributed by atoms with Gasteiger partial charge in [0.15, 0.2) is 0 Å².